The molecule has 0 spiro atoms. The summed E-state index contributed by atoms with van der Waals surface area (Å²) in [7, 11) is 0. The number of nitrogens with one attached hydrogen (secondary N) is 4. The van der Waals surface area contributed by atoms with Crippen molar-refractivity contribution in [2.45, 2.75) is 56.3 Å². The van der Waals surface area contributed by atoms with Crippen molar-refractivity contribution in [3.63, 3.8) is 0 Å². The Labute approximate surface area is 201 Å². The van der Waals surface area contributed by atoms with E-state index >= 15 is 0 Å². The third-order valence-corrected chi connectivity index (χ3v) is 5.12. The van der Waals surface area contributed by atoms with Crippen LogP contribution >= 0.6 is 12.6 Å². The van der Waals surface area contributed by atoms with Crippen LogP contribution in [0, 0.1) is 0 Å². The van der Waals surface area contributed by atoms with Crippen LogP contribution in [0.5, 0.6) is 0 Å². The molecule has 11 N–H and O–H groups in total. The molecule has 1 heterocycles. The lowest BCUT2D eigenvalue weighted by molar-refractivity contribution is -0.141. The van der Waals surface area contributed by atoms with Gasteiger partial charge in [0.1, 0.15) is 18.1 Å². The minimum absolute atomic E-state index is 0.0214. The Morgan fingerprint density at radius 3 is 2.18 bits per heavy atom. The Kier molecular flexibility index (Phi) is 12.6. The topological polar surface area (TPSA) is 248 Å². The number of aromatic amines is 1. The number of aromatic nitrogens is 2. The molecule has 0 saturated carbocycles. The number of H-pyrrole nitrogens is 1. The molecule has 4 unspecified atom stereocenters. The van der Waals surface area contributed by atoms with Crippen molar-refractivity contribution in [2.75, 3.05) is 12.3 Å². The molecule has 0 aromatic carbocycles. The van der Waals surface area contributed by atoms with Crippen molar-refractivity contribution < 1.29 is 29.1 Å². The summed E-state index contributed by atoms with van der Waals surface area (Å²) in [5, 5.41) is 16.2. The lowest BCUT2D eigenvalue weighted by atomic mass is 10.1. The van der Waals surface area contributed by atoms with Crippen LogP contribution in [0.15, 0.2) is 12.5 Å². The number of amides is 4. The first-order valence-corrected chi connectivity index (χ1v) is 11.2. The molecule has 0 radical (unpaired) electrons. The molecule has 0 saturated heterocycles. The van der Waals surface area contributed by atoms with Gasteiger partial charge in [0.2, 0.25) is 23.6 Å². The molecule has 34 heavy (non-hydrogen) atoms. The van der Waals surface area contributed by atoms with Crippen molar-refractivity contribution in [1.82, 2.24) is 25.9 Å². The van der Waals surface area contributed by atoms with Crippen molar-refractivity contribution in [3.8, 4) is 0 Å². The summed E-state index contributed by atoms with van der Waals surface area (Å²) in [5.74, 6) is -4.82. The number of carbonyl (C=O) groups is 5. The van der Waals surface area contributed by atoms with Crippen molar-refractivity contribution >= 4 is 42.2 Å². The zero-order chi connectivity index (χ0) is 25.7. The number of nitrogens with zero attached hydrogens (tertiary/aromatic N) is 1. The predicted octanol–water partition coefficient (Wildman–Crippen LogP) is -3.25. The van der Waals surface area contributed by atoms with E-state index in [0.717, 1.165) is 0 Å². The van der Waals surface area contributed by atoms with E-state index < -0.39 is 60.2 Å². The summed E-state index contributed by atoms with van der Waals surface area (Å²) < 4.78 is 0. The van der Waals surface area contributed by atoms with E-state index in [1.165, 1.54) is 12.5 Å². The monoisotopic (exact) mass is 500 g/mol. The molecule has 4 amide bonds. The highest BCUT2D eigenvalue weighted by Gasteiger charge is 2.31. The van der Waals surface area contributed by atoms with Gasteiger partial charge < -0.3 is 43.2 Å². The smallest absolute Gasteiger partial charge is 0.327 e. The summed E-state index contributed by atoms with van der Waals surface area (Å²) in [5.41, 5.74) is 17.0. The number of thiol groups is 1. The van der Waals surface area contributed by atoms with Crippen molar-refractivity contribution in [1.29, 1.82) is 0 Å². The number of carbonyl (C=O) groups excluding carboxylic acids is 4. The molecule has 15 heteroatoms. The number of nitrogens with two attached hydrogens (primary N) is 3. The average Bonchev–Trinajstić information content (AvgIpc) is 3.28. The zero-order valence-corrected chi connectivity index (χ0v) is 19.4. The Bertz CT molecular complexity index is 837. The first-order chi connectivity index (χ1) is 16.1. The molecule has 0 bridgehead atoms. The first kappa shape index (κ1) is 28.9. The second-order valence-corrected chi connectivity index (χ2v) is 7.91. The number of aliphatic carboxylic acids is 1. The SMILES string of the molecule is NCCCCC(N)C(=O)NC(Cc1cnc[nH]1)C(=O)NC(CC(N)=O)C(=O)NC(CS)C(=O)O. The molecule has 0 aliphatic heterocycles. The molecule has 1 rings (SSSR count). The van der Waals surface area contributed by atoms with Gasteiger partial charge in [-0.25, -0.2) is 9.78 Å². The van der Waals surface area contributed by atoms with Gasteiger partial charge in [-0.1, -0.05) is 6.42 Å². The Morgan fingerprint density at radius 2 is 1.65 bits per heavy atom. The van der Waals surface area contributed by atoms with Crippen LogP contribution in [0.1, 0.15) is 31.4 Å². The van der Waals surface area contributed by atoms with Crippen LogP contribution in [-0.2, 0) is 30.4 Å². The van der Waals surface area contributed by atoms with Gasteiger partial charge >= 0.3 is 5.97 Å². The standard InChI is InChI=1S/C19H32N8O6S/c20-4-2-1-3-11(21)16(29)25-12(5-10-7-23-9-24-10)17(30)26-13(6-15(22)28)18(31)27-14(8-34)19(32)33/h7,9,11-14,34H,1-6,8,20-21H2,(H2,22,28)(H,23,24)(H,25,29)(H,26,30)(H,27,31)(H,32,33). The fraction of sp³-hybridized carbons (Fsp3) is 0.579. The molecule has 0 aliphatic rings. The van der Waals surface area contributed by atoms with Gasteiger partial charge in [-0.3, -0.25) is 19.2 Å². The Hall–Kier alpha value is -3.17. The average molecular weight is 501 g/mol. The maximum absolute atomic E-state index is 13.0. The molecular weight excluding hydrogens is 468 g/mol. The molecule has 190 valence electrons. The minimum atomic E-state index is -1.48. The maximum Gasteiger partial charge on any atom is 0.327 e. The number of imidazole rings is 1. The summed E-state index contributed by atoms with van der Waals surface area (Å²) in [6.07, 6.45) is 3.88. The van der Waals surface area contributed by atoms with Gasteiger partial charge in [-0.2, -0.15) is 12.6 Å². The van der Waals surface area contributed by atoms with Crippen LogP contribution in [0.2, 0.25) is 0 Å². The second-order valence-electron chi connectivity index (χ2n) is 7.55. The molecular formula is C19H32N8O6S. The summed E-state index contributed by atoms with van der Waals surface area (Å²) in [6.45, 7) is 0.457. The largest absolute Gasteiger partial charge is 0.480 e. The van der Waals surface area contributed by atoms with Crippen LogP contribution in [0.3, 0.4) is 0 Å². The van der Waals surface area contributed by atoms with Crippen LogP contribution in [0.4, 0.5) is 0 Å². The lowest BCUT2D eigenvalue weighted by Gasteiger charge is -2.24. The second kappa shape index (κ2) is 14.9. The van der Waals surface area contributed by atoms with Gasteiger partial charge in [0, 0.05) is 24.1 Å². The molecule has 0 aliphatic carbocycles. The Morgan fingerprint density at radius 1 is 1.03 bits per heavy atom. The van der Waals surface area contributed by atoms with Crippen LogP contribution in [0.25, 0.3) is 0 Å². The van der Waals surface area contributed by atoms with Gasteiger partial charge in [0.15, 0.2) is 0 Å². The number of rotatable bonds is 16. The van der Waals surface area contributed by atoms with E-state index in [0.29, 0.717) is 31.5 Å². The highest BCUT2D eigenvalue weighted by Crippen LogP contribution is 2.04. The van der Waals surface area contributed by atoms with E-state index in [1.807, 2.05) is 0 Å². The van der Waals surface area contributed by atoms with Crippen molar-refractivity contribution in [2.24, 2.45) is 17.2 Å². The van der Waals surface area contributed by atoms with Gasteiger partial charge in [0.05, 0.1) is 18.8 Å². The quantitative estimate of drug-likeness (QED) is 0.0815. The van der Waals surface area contributed by atoms with Crippen LogP contribution < -0.4 is 33.2 Å². The third-order valence-electron chi connectivity index (χ3n) is 4.75. The number of hydrogen-bond donors (Lipinski definition) is 9. The highest BCUT2D eigenvalue weighted by atomic mass is 32.1. The molecule has 14 nitrogen and oxygen atoms in total. The number of carboxylic acids is 1. The minimum Gasteiger partial charge on any atom is -0.480 e. The first-order valence-electron chi connectivity index (χ1n) is 10.5. The number of primary amides is 1. The molecule has 1 aromatic rings. The van der Waals surface area contributed by atoms with Gasteiger partial charge in [-0.15, -0.1) is 0 Å². The number of hydrogen-bond acceptors (Lipinski definition) is 9. The fourth-order valence-electron chi connectivity index (χ4n) is 2.88. The molecule has 4 atom stereocenters. The van der Waals surface area contributed by atoms with Gasteiger partial charge in [0.25, 0.3) is 0 Å². The highest BCUT2D eigenvalue weighted by molar-refractivity contribution is 7.80. The summed E-state index contributed by atoms with van der Waals surface area (Å²) in [4.78, 5) is 67.4. The third kappa shape index (κ3) is 10.2. The molecule has 0 fully saturated rings. The molecule has 1 aromatic heterocycles. The van der Waals surface area contributed by atoms with Crippen LogP contribution in [-0.4, -0.2) is 81.1 Å². The van der Waals surface area contributed by atoms with Gasteiger partial charge in [-0.05, 0) is 19.4 Å². The Balaban J connectivity index is 2.98. The zero-order valence-electron chi connectivity index (χ0n) is 18.5. The summed E-state index contributed by atoms with van der Waals surface area (Å²) in [6, 6.07) is -4.90. The van der Waals surface area contributed by atoms with E-state index in [4.69, 9.17) is 22.3 Å². The lowest BCUT2D eigenvalue weighted by Crippen LogP contribution is -2.58. The number of unbranched alkanes of at least 4 members (excludes halogenated alkanes) is 1. The summed E-state index contributed by atoms with van der Waals surface area (Å²) >= 11 is 3.86. The van der Waals surface area contributed by atoms with E-state index in [2.05, 4.69) is 38.5 Å². The van der Waals surface area contributed by atoms with E-state index in [9.17, 15) is 24.0 Å². The fourth-order valence-corrected chi connectivity index (χ4v) is 3.13. The van der Waals surface area contributed by atoms with E-state index in [1.54, 1.807) is 0 Å². The van der Waals surface area contributed by atoms with E-state index in [-0.39, 0.29) is 12.2 Å². The predicted molar refractivity (Wildman–Crippen MR) is 124 cm³/mol. The maximum atomic E-state index is 13.0. The normalized spacial score (nSPS) is 14.3. The van der Waals surface area contributed by atoms with Crippen molar-refractivity contribution in [3.05, 3.63) is 18.2 Å². The number of carboxylic acid groups (broad SMARTS) is 1.